The maximum absolute atomic E-state index is 13.7. The second-order valence-corrected chi connectivity index (χ2v) is 9.39. The van der Waals surface area contributed by atoms with E-state index in [2.05, 4.69) is 33.9 Å². The Labute approximate surface area is 213 Å². The number of aryl methyl sites for hydroxylation is 1. The summed E-state index contributed by atoms with van der Waals surface area (Å²) in [6, 6.07) is 10.4. The molecule has 2 aromatic carbocycles. The fourth-order valence-electron chi connectivity index (χ4n) is 3.75. The van der Waals surface area contributed by atoms with Gasteiger partial charge >= 0.3 is 0 Å². The Balaban J connectivity index is 1.65. The summed E-state index contributed by atoms with van der Waals surface area (Å²) in [7, 11) is 0. The molecule has 2 atom stereocenters. The van der Waals surface area contributed by atoms with Gasteiger partial charge in [0.1, 0.15) is 11.6 Å². The lowest BCUT2D eigenvalue weighted by Crippen LogP contribution is -2.49. The predicted molar refractivity (Wildman–Crippen MR) is 136 cm³/mol. The highest BCUT2D eigenvalue weighted by atomic mass is 32.1. The van der Waals surface area contributed by atoms with Crippen LogP contribution in [0.4, 0.5) is 13.9 Å². The molecule has 1 aromatic heterocycles. The third-order valence-corrected chi connectivity index (χ3v) is 6.25. The lowest BCUT2D eigenvalue weighted by molar-refractivity contribution is -0.122. The number of halogens is 2. The lowest BCUT2D eigenvalue weighted by Gasteiger charge is -2.25. The van der Waals surface area contributed by atoms with Gasteiger partial charge in [0.05, 0.1) is 24.3 Å². The fraction of sp³-hybridized carbons (Fsp3) is 0.346. The van der Waals surface area contributed by atoms with Crippen molar-refractivity contribution in [1.82, 2.24) is 15.6 Å². The number of aromatic nitrogens is 1. The monoisotopic (exact) mass is 516 g/mol. The predicted octanol–water partition coefficient (Wildman–Crippen LogP) is 3.36. The Hall–Kier alpha value is -3.21. The number of amides is 2. The molecule has 0 fully saturated rings. The van der Waals surface area contributed by atoms with Crippen LogP contribution in [0.25, 0.3) is 0 Å². The average Bonchev–Trinajstić information content (AvgIpc) is 3.23. The van der Waals surface area contributed by atoms with Crippen molar-refractivity contribution in [2.24, 2.45) is 0 Å². The molecule has 0 saturated carbocycles. The van der Waals surface area contributed by atoms with Gasteiger partial charge in [0.15, 0.2) is 5.13 Å². The number of hydrogen-bond donors (Lipinski definition) is 4. The van der Waals surface area contributed by atoms with Crippen LogP contribution < -0.4 is 16.0 Å². The molecule has 1 heterocycles. The summed E-state index contributed by atoms with van der Waals surface area (Å²) in [5, 5.41) is 21.4. The number of nitrogens with one attached hydrogen (secondary N) is 3. The van der Waals surface area contributed by atoms with Crippen molar-refractivity contribution in [3.05, 3.63) is 81.9 Å². The minimum atomic E-state index is -1.03. The van der Waals surface area contributed by atoms with Gasteiger partial charge in [-0.25, -0.2) is 13.8 Å². The molecule has 0 aliphatic carbocycles. The van der Waals surface area contributed by atoms with Gasteiger partial charge in [-0.15, -0.1) is 11.3 Å². The second-order valence-electron chi connectivity index (χ2n) is 8.53. The van der Waals surface area contributed by atoms with E-state index in [0.29, 0.717) is 22.9 Å². The molecule has 0 radical (unpaired) electrons. The van der Waals surface area contributed by atoms with Crippen LogP contribution in [0.5, 0.6) is 0 Å². The molecule has 192 valence electrons. The smallest absolute Gasteiger partial charge is 0.226 e. The minimum absolute atomic E-state index is 0.0305. The van der Waals surface area contributed by atoms with E-state index in [9.17, 15) is 23.5 Å². The zero-order valence-electron chi connectivity index (χ0n) is 20.2. The van der Waals surface area contributed by atoms with Gasteiger partial charge in [-0.3, -0.25) is 9.59 Å². The molecule has 2 unspecified atom stereocenters. The third-order valence-electron chi connectivity index (χ3n) is 5.45. The molecule has 0 saturated heterocycles. The quantitative estimate of drug-likeness (QED) is 0.296. The summed E-state index contributed by atoms with van der Waals surface area (Å²) in [5.74, 6) is -2.14. The Bertz CT molecular complexity index is 1170. The highest BCUT2D eigenvalue weighted by Crippen LogP contribution is 2.16. The standard InChI is InChI=1S/C26H30F2N4O3S/c1-3-17-5-4-6-18(7-17)13-29-14-24(34)23(10-19-8-20(27)11-21(28)9-19)32-25(35)12-22-15-36-26(31-22)30-16(2)33/h4-9,11,15,23-24,29,34H,3,10,12-14H2,1-2H3,(H,32,35)(H,30,31,33). The van der Waals surface area contributed by atoms with Gasteiger partial charge in [-0.05, 0) is 41.7 Å². The first-order valence-corrected chi connectivity index (χ1v) is 12.5. The van der Waals surface area contributed by atoms with E-state index in [1.165, 1.54) is 36.0 Å². The maximum Gasteiger partial charge on any atom is 0.226 e. The van der Waals surface area contributed by atoms with Crippen LogP contribution in [-0.4, -0.2) is 40.6 Å². The van der Waals surface area contributed by atoms with Gasteiger partial charge in [0, 0.05) is 31.5 Å². The van der Waals surface area contributed by atoms with Crippen molar-refractivity contribution in [3.8, 4) is 0 Å². The van der Waals surface area contributed by atoms with E-state index >= 15 is 0 Å². The number of carbonyl (C=O) groups is 2. The van der Waals surface area contributed by atoms with Crippen molar-refractivity contribution < 1.29 is 23.5 Å². The zero-order chi connectivity index (χ0) is 26.1. The van der Waals surface area contributed by atoms with Crippen LogP contribution in [0, 0.1) is 11.6 Å². The minimum Gasteiger partial charge on any atom is -0.390 e. The first-order chi connectivity index (χ1) is 17.2. The normalized spacial score (nSPS) is 12.7. The van der Waals surface area contributed by atoms with Crippen LogP contribution >= 0.6 is 11.3 Å². The van der Waals surface area contributed by atoms with Crippen LogP contribution in [-0.2, 0) is 35.4 Å². The number of carbonyl (C=O) groups excluding carboxylic acids is 2. The van der Waals surface area contributed by atoms with Crippen molar-refractivity contribution in [1.29, 1.82) is 0 Å². The topological polar surface area (TPSA) is 103 Å². The van der Waals surface area contributed by atoms with Gasteiger partial charge in [-0.2, -0.15) is 0 Å². The van der Waals surface area contributed by atoms with Crippen LogP contribution in [0.3, 0.4) is 0 Å². The zero-order valence-corrected chi connectivity index (χ0v) is 21.0. The Morgan fingerprint density at radius 3 is 2.50 bits per heavy atom. The molecule has 3 aromatic rings. The van der Waals surface area contributed by atoms with E-state index in [1.807, 2.05) is 18.2 Å². The summed E-state index contributed by atoms with van der Waals surface area (Å²) < 4.78 is 27.5. The number of aliphatic hydroxyl groups excluding tert-OH is 1. The summed E-state index contributed by atoms with van der Waals surface area (Å²) in [6.45, 7) is 4.11. The third kappa shape index (κ3) is 8.78. The molecule has 2 amide bonds. The van der Waals surface area contributed by atoms with Gasteiger partial charge < -0.3 is 21.1 Å². The van der Waals surface area contributed by atoms with Gasteiger partial charge in [-0.1, -0.05) is 31.2 Å². The molecule has 0 aliphatic rings. The molecule has 3 rings (SSSR count). The molecular weight excluding hydrogens is 486 g/mol. The van der Waals surface area contributed by atoms with E-state index in [0.717, 1.165) is 18.1 Å². The largest absolute Gasteiger partial charge is 0.390 e. The number of rotatable bonds is 12. The molecule has 4 N–H and O–H groups in total. The molecule has 0 aliphatic heterocycles. The Morgan fingerprint density at radius 2 is 1.81 bits per heavy atom. The van der Waals surface area contributed by atoms with Crippen molar-refractivity contribution in [2.45, 2.75) is 51.8 Å². The number of thiazole rings is 1. The number of hydrogen-bond acceptors (Lipinski definition) is 6. The van der Waals surface area contributed by atoms with Gasteiger partial charge in [0.2, 0.25) is 11.8 Å². The lowest BCUT2D eigenvalue weighted by atomic mass is 10.00. The van der Waals surface area contributed by atoms with Crippen LogP contribution in [0.15, 0.2) is 47.8 Å². The highest BCUT2D eigenvalue weighted by Gasteiger charge is 2.23. The van der Waals surface area contributed by atoms with Crippen molar-refractivity contribution >= 4 is 28.3 Å². The summed E-state index contributed by atoms with van der Waals surface area (Å²) in [6.07, 6.45) is -0.156. The van der Waals surface area contributed by atoms with Gasteiger partial charge in [0.25, 0.3) is 0 Å². The first-order valence-electron chi connectivity index (χ1n) is 11.6. The molecule has 36 heavy (non-hydrogen) atoms. The van der Waals surface area contributed by atoms with E-state index in [4.69, 9.17) is 0 Å². The molecule has 7 nitrogen and oxygen atoms in total. The first kappa shape index (κ1) is 27.4. The van der Waals surface area contributed by atoms with Crippen molar-refractivity contribution in [3.63, 3.8) is 0 Å². The summed E-state index contributed by atoms with van der Waals surface area (Å²) in [5.41, 5.74) is 3.04. The molecule has 0 bridgehead atoms. The van der Waals surface area contributed by atoms with Crippen LogP contribution in [0.1, 0.15) is 36.2 Å². The Morgan fingerprint density at radius 1 is 1.08 bits per heavy atom. The van der Waals surface area contributed by atoms with E-state index in [1.54, 1.807) is 5.38 Å². The van der Waals surface area contributed by atoms with E-state index < -0.39 is 29.7 Å². The SMILES string of the molecule is CCc1cccc(CNCC(O)C(Cc2cc(F)cc(F)c2)NC(=O)Cc2csc(NC(C)=O)n2)c1. The number of aliphatic hydroxyl groups is 1. The molecular formula is C26H30F2N4O3S. The van der Waals surface area contributed by atoms with Crippen LogP contribution in [0.2, 0.25) is 0 Å². The van der Waals surface area contributed by atoms with E-state index in [-0.39, 0.29) is 25.3 Å². The number of nitrogens with zero attached hydrogens (tertiary/aromatic N) is 1. The summed E-state index contributed by atoms with van der Waals surface area (Å²) in [4.78, 5) is 28.1. The highest BCUT2D eigenvalue weighted by molar-refractivity contribution is 7.13. The average molecular weight is 517 g/mol. The number of anilines is 1. The fourth-order valence-corrected chi connectivity index (χ4v) is 4.51. The second kappa shape index (κ2) is 13.2. The molecule has 0 spiro atoms. The summed E-state index contributed by atoms with van der Waals surface area (Å²) >= 11 is 1.20. The maximum atomic E-state index is 13.7. The number of benzene rings is 2. The molecule has 10 heteroatoms. The van der Waals surface area contributed by atoms with Crippen molar-refractivity contribution in [2.75, 3.05) is 11.9 Å². The Kier molecular flexibility index (Phi) is 10.0.